The maximum atomic E-state index is 11.6. The number of carbonyl (C=O) groups excluding carboxylic acids is 1. The van der Waals surface area contributed by atoms with Crippen molar-refractivity contribution in [3.63, 3.8) is 0 Å². The highest BCUT2D eigenvalue weighted by Crippen LogP contribution is 2.47. The molecule has 0 bridgehead atoms. The van der Waals surface area contributed by atoms with Crippen molar-refractivity contribution >= 4 is 46.4 Å². The Hall–Kier alpha value is -3.46. The largest absolute Gasteiger partial charge is 0.332 e. The van der Waals surface area contributed by atoms with Crippen LogP contribution < -0.4 is 15.9 Å². The normalized spacial score (nSPS) is 11.6. The third-order valence-electron chi connectivity index (χ3n) is 5.00. The number of amidine groups is 1. The molecule has 4 aromatic carbocycles. The van der Waals surface area contributed by atoms with Gasteiger partial charge in [0.15, 0.2) is 5.84 Å². The molecule has 33 heavy (non-hydrogen) atoms. The molecule has 4 aromatic rings. The van der Waals surface area contributed by atoms with Gasteiger partial charge >= 0.3 is 5.97 Å². The van der Waals surface area contributed by atoms with Gasteiger partial charge in [-0.3, -0.25) is 0 Å². The smallest absolute Gasteiger partial charge is 0.316 e. The van der Waals surface area contributed by atoms with Crippen LogP contribution in [-0.4, -0.2) is 11.8 Å². The van der Waals surface area contributed by atoms with E-state index in [4.69, 9.17) is 21.2 Å². The predicted molar refractivity (Wildman–Crippen MR) is 137 cm³/mol. The molecule has 6 heteroatoms. The fourth-order valence-corrected chi connectivity index (χ4v) is 7.14. The molecule has 0 saturated heterocycles. The number of halogens is 1. The van der Waals surface area contributed by atoms with Gasteiger partial charge in [-0.1, -0.05) is 108 Å². The lowest BCUT2D eigenvalue weighted by atomic mass is 10.2. The summed E-state index contributed by atoms with van der Waals surface area (Å²) in [4.78, 5) is 16.7. The molecule has 0 fully saturated rings. The molecule has 0 atom stereocenters. The molecule has 0 radical (unpaired) electrons. The van der Waals surface area contributed by atoms with E-state index in [0.29, 0.717) is 16.4 Å². The number of nitrogens with zero attached hydrogens (tertiary/aromatic N) is 2. The summed E-state index contributed by atoms with van der Waals surface area (Å²) >= 11 is 6.12. The number of hydrogen-bond acceptors (Lipinski definition) is 3. The van der Waals surface area contributed by atoms with Crippen LogP contribution in [0.2, 0.25) is 5.02 Å². The molecule has 0 aliphatic carbocycles. The summed E-state index contributed by atoms with van der Waals surface area (Å²) in [6.45, 7) is 1.32. The van der Waals surface area contributed by atoms with E-state index < -0.39 is 13.0 Å². The van der Waals surface area contributed by atoms with Crippen molar-refractivity contribution in [2.45, 2.75) is 6.92 Å². The lowest BCUT2D eigenvalue weighted by Gasteiger charge is -2.27. The van der Waals surface area contributed by atoms with E-state index in [-0.39, 0.29) is 0 Å². The first kappa shape index (κ1) is 22.7. The fraction of sp³-hybridized carbons (Fsp3) is 0.0370. The third-order valence-corrected chi connectivity index (χ3v) is 8.88. The second-order valence-corrected chi connectivity index (χ2v) is 10.7. The highest BCUT2D eigenvalue weighted by molar-refractivity contribution is 7.87. The minimum absolute atomic E-state index is 0.326. The molecule has 0 aromatic heterocycles. The molecular formula is C27H22ClN2O2P. The molecule has 164 valence electrons. The second kappa shape index (κ2) is 10.4. The molecular weight excluding hydrogens is 451 g/mol. The molecule has 0 heterocycles. The first-order valence-corrected chi connectivity index (χ1v) is 12.5. The SMILES string of the molecule is CC(=O)O/N=C(\N=P(c1ccccc1)(c1ccccc1)c1ccccc1)c1ccc(Cl)cc1. The first-order valence-electron chi connectivity index (χ1n) is 10.4. The average molecular weight is 473 g/mol. The van der Waals surface area contributed by atoms with Crippen molar-refractivity contribution < 1.29 is 9.63 Å². The van der Waals surface area contributed by atoms with Gasteiger partial charge in [0, 0.05) is 33.4 Å². The Bertz CT molecular complexity index is 1200. The van der Waals surface area contributed by atoms with Crippen LogP contribution in [0, 0.1) is 0 Å². The maximum absolute atomic E-state index is 11.6. The highest BCUT2D eigenvalue weighted by Gasteiger charge is 2.28. The molecule has 0 spiro atoms. The van der Waals surface area contributed by atoms with Gasteiger partial charge in [0.05, 0.1) is 7.05 Å². The van der Waals surface area contributed by atoms with Gasteiger partial charge in [0.1, 0.15) is 0 Å². The van der Waals surface area contributed by atoms with Crippen molar-refractivity contribution in [3.8, 4) is 0 Å². The molecule has 4 nitrogen and oxygen atoms in total. The van der Waals surface area contributed by atoms with Gasteiger partial charge in [-0.25, -0.2) is 9.54 Å². The van der Waals surface area contributed by atoms with Gasteiger partial charge in [0.25, 0.3) is 0 Å². The Kier molecular flexibility index (Phi) is 7.19. The first-order chi connectivity index (χ1) is 16.1. The summed E-state index contributed by atoms with van der Waals surface area (Å²) in [6, 6.07) is 37.7. The van der Waals surface area contributed by atoms with Crippen LogP contribution in [0.4, 0.5) is 0 Å². The van der Waals surface area contributed by atoms with E-state index in [0.717, 1.165) is 15.9 Å². The minimum Gasteiger partial charge on any atom is -0.316 e. The zero-order chi connectivity index (χ0) is 23.1. The van der Waals surface area contributed by atoms with Crippen molar-refractivity contribution in [2.24, 2.45) is 9.90 Å². The van der Waals surface area contributed by atoms with E-state index >= 15 is 0 Å². The quantitative estimate of drug-likeness (QED) is 0.122. The fourth-order valence-electron chi connectivity index (χ4n) is 3.53. The summed E-state index contributed by atoms with van der Waals surface area (Å²) in [6.07, 6.45) is 0. The summed E-state index contributed by atoms with van der Waals surface area (Å²) < 4.78 is 5.33. The Morgan fingerprint density at radius 1 is 0.697 bits per heavy atom. The molecule has 0 aliphatic heterocycles. The monoisotopic (exact) mass is 472 g/mol. The van der Waals surface area contributed by atoms with Crippen molar-refractivity contribution in [1.29, 1.82) is 0 Å². The lowest BCUT2D eigenvalue weighted by Crippen LogP contribution is -2.26. The Labute approximate surface area is 198 Å². The van der Waals surface area contributed by atoms with Crippen LogP contribution in [0.5, 0.6) is 0 Å². The van der Waals surface area contributed by atoms with E-state index in [1.165, 1.54) is 6.92 Å². The summed E-state index contributed by atoms with van der Waals surface area (Å²) in [5.74, 6) is -0.188. The van der Waals surface area contributed by atoms with Crippen LogP contribution in [-0.2, 0) is 9.63 Å². The van der Waals surface area contributed by atoms with Crippen LogP contribution >= 0.6 is 18.7 Å². The number of benzene rings is 4. The minimum atomic E-state index is -2.58. The molecule has 0 aliphatic rings. The van der Waals surface area contributed by atoms with E-state index in [2.05, 4.69) is 41.6 Å². The molecule has 0 saturated carbocycles. The molecule has 0 amide bonds. The maximum Gasteiger partial charge on any atom is 0.332 e. The number of oxime groups is 1. The third kappa shape index (κ3) is 5.14. The van der Waals surface area contributed by atoms with Gasteiger partial charge in [-0.15, -0.1) is 0 Å². The Morgan fingerprint density at radius 3 is 1.52 bits per heavy atom. The van der Waals surface area contributed by atoms with Crippen molar-refractivity contribution in [1.82, 2.24) is 0 Å². The van der Waals surface area contributed by atoms with E-state index in [1.807, 2.05) is 66.7 Å². The predicted octanol–water partition coefficient (Wildman–Crippen LogP) is 5.74. The van der Waals surface area contributed by atoms with Crippen LogP contribution in [0.15, 0.2) is 125 Å². The number of carbonyl (C=O) groups is 1. The highest BCUT2D eigenvalue weighted by atomic mass is 35.5. The van der Waals surface area contributed by atoms with Gasteiger partial charge in [-0.2, -0.15) is 0 Å². The van der Waals surface area contributed by atoms with Crippen molar-refractivity contribution in [2.75, 3.05) is 0 Å². The molecule has 4 rings (SSSR count). The van der Waals surface area contributed by atoms with Gasteiger partial charge < -0.3 is 4.84 Å². The van der Waals surface area contributed by atoms with E-state index in [9.17, 15) is 4.79 Å². The summed E-state index contributed by atoms with van der Waals surface area (Å²) in [5, 5.41) is 7.95. The molecule has 0 unspecified atom stereocenters. The topological polar surface area (TPSA) is 51.0 Å². The number of hydrogen-bond donors (Lipinski definition) is 0. The van der Waals surface area contributed by atoms with Crippen LogP contribution in [0.25, 0.3) is 0 Å². The zero-order valence-electron chi connectivity index (χ0n) is 18.0. The standard InChI is InChI=1S/C27H22ClN2O2P/c1-21(31)32-29-27(22-17-19-23(28)20-18-22)30-33(24-11-5-2-6-12-24,25-13-7-3-8-14-25)26-15-9-4-10-16-26/h2-20H,1H3/b29-27-. The van der Waals surface area contributed by atoms with Crippen LogP contribution in [0.3, 0.4) is 0 Å². The summed E-state index contributed by atoms with van der Waals surface area (Å²) in [5.41, 5.74) is 0.702. The zero-order valence-corrected chi connectivity index (χ0v) is 19.7. The van der Waals surface area contributed by atoms with E-state index in [1.54, 1.807) is 12.1 Å². The number of rotatable bonds is 5. The van der Waals surface area contributed by atoms with Gasteiger partial charge in [0.2, 0.25) is 0 Å². The Morgan fingerprint density at radius 2 is 1.12 bits per heavy atom. The Balaban J connectivity index is 2.11. The summed E-state index contributed by atoms with van der Waals surface area (Å²) in [7, 11) is -2.58. The van der Waals surface area contributed by atoms with Crippen molar-refractivity contribution in [3.05, 3.63) is 126 Å². The average Bonchev–Trinajstić information content (AvgIpc) is 2.86. The second-order valence-electron chi connectivity index (χ2n) is 7.25. The lowest BCUT2D eigenvalue weighted by molar-refractivity contribution is -0.140. The molecule has 0 N–H and O–H groups in total. The van der Waals surface area contributed by atoms with Gasteiger partial charge in [-0.05, 0) is 24.3 Å². The van der Waals surface area contributed by atoms with Crippen LogP contribution in [0.1, 0.15) is 12.5 Å².